The van der Waals surface area contributed by atoms with Crippen LogP contribution >= 0.6 is 0 Å². The number of nitrogens with two attached hydrogens (primary N) is 1. The minimum atomic E-state index is -0.479. The summed E-state index contributed by atoms with van der Waals surface area (Å²) in [5, 5.41) is 48.1. The highest BCUT2D eigenvalue weighted by atomic mass is 16.5. The third kappa shape index (κ3) is 20.0. The van der Waals surface area contributed by atoms with E-state index in [4.69, 9.17) is 54.0 Å². The number of aliphatic hydroxyl groups excluding tert-OH is 1. The molecule has 6 aromatic carbocycles. The standard InChI is InChI=1S/C32H36N6O4.C29H32N6O3.C23H21N5O3/c33-18-25-17-24(3-6-29(25)42-28-10-15-38(16-11-28)31(40)19-39)32-34-12-7-30(36-32)35-26-4-1-22(2-5-26)23-8-13-37(14-9-23)27-20-41-21-27;30-18-22-17-21(1-6-27(22)38-26-8-15-36-16-9-26)29-31-10-7-28(33-29)32-23-2-4-24(5-3-23)34-11-13-35(14-12-34)25-19-37-20-25;24-14-17-13-16(3-6-20(17)31-19-8-11-30-12-9-19)23-26-10-7-21(28-23)27-18-4-1-15(2-5-18)22(25)29/h1-7,12,17,23,27-28,39H,8-11,13-16,19-21H2,(H,34,35,36);1-7,10,17,25-26H,8-9,11-16,19-20H2,(H,31,32,33);1-7,10,13,19H,8-9,11-12H2,(H2,25,29)(H,26,27,28). The highest BCUT2D eigenvalue weighted by Gasteiger charge is 2.32. The number of nitrogens with zero attached hydrogens (tertiary/aromatic N) is 13. The average molecular weight is 1500 g/mol. The zero-order valence-corrected chi connectivity index (χ0v) is 61.7. The predicted octanol–water partition coefficient (Wildman–Crippen LogP) is 11.0. The lowest BCUT2D eigenvalue weighted by atomic mass is 9.88. The molecule has 9 aromatic rings. The summed E-state index contributed by atoms with van der Waals surface area (Å²) >= 11 is 0. The first-order valence-electron chi connectivity index (χ1n) is 37.9. The fourth-order valence-corrected chi connectivity index (χ4v) is 14.3. The molecule has 0 atom stereocenters. The van der Waals surface area contributed by atoms with Crippen LogP contribution in [0.5, 0.6) is 17.2 Å². The van der Waals surface area contributed by atoms with Crippen LogP contribution in [0.15, 0.2) is 164 Å². The largest absolute Gasteiger partial charge is 0.489 e. The van der Waals surface area contributed by atoms with E-state index in [1.54, 1.807) is 84.2 Å². The Morgan fingerprint density at radius 3 is 1.23 bits per heavy atom. The molecule has 570 valence electrons. The fourth-order valence-electron chi connectivity index (χ4n) is 14.3. The number of aliphatic hydroxyl groups is 1. The van der Waals surface area contributed by atoms with E-state index < -0.39 is 12.5 Å². The number of piperidine rings is 2. The Labute approximate surface area is 644 Å². The van der Waals surface area contributed by atoms with Crippen LogP contribution in [-0.4, -0.2) is 204 Å². The molecule has 0 radical (unpaired) electrons. The molecule has 0 unspecified atom stereocenters. The van der Waals surface area contributed by atoms with E-state index >= 15 is 0 Å². The van der Waals surface area contributed by atoms with Crippen molar-refractivity contribution in [2.45, 2.75) is 87.7 Å². The normalized spacial score (nSPS) is 17.5. The average Bonchev–Trinajstić information content (AvgIpc) is 0.866. The van der Waals surface area contributed by atoms with Crippen molar-refractivity contribution in [2.24, 2.45) is 5.73 Å². The number of hydrogen-bond acceptors (Lipinski definition) is 25. The number of benzene rings is 6. The Hall–Kier alpha value is -11.7. The molecule has 111 heavy (non-hydrogen) atoms. The van der Waals surface area contributed by atoms with Gasteiger partial charge in [0.1, 0.15) is 77.8 Å². The van der Waals surface area contributed by atoms with Crippen molar-refractivity contribution in [1.82, 2.24) is 44.6 Å². The van der Waals surface area contributed by atoms with E-state index in [9.17, 15) is 25.4 Å². The topological polar surface area (TPSA) is 343 Å². The van der Waals surface area contributed by atoms with Gasteiger partial charge >= 0.3 is 0 Å². The van der Waals surface area contributed by atoms with Crippen LogP contribution in [0.1, 0.15) is 89.9 Å². The number of anilines is 7. The van der Waals surface area contributed by atoms with E-state index in [2.05, 4.69) is 117 Å². The van der Waals surface area contributed by atoms with Crippen LogP contribution in [0.2, 0.25) is 0 Å². The van der Waals surface area contributed by atoms with Crippen LogP contribution in [0, 0.1) is 34.0 Å². The second-order valence-electron chi connectivity index (χ2n) is 28.2. The number of amides is 2. The summed E-state index contributed by atoms with van der Waals surface area (Å²) < 4.78 is 39.7. The Balaban J connectivity index is 0.000000140. The number of primary amides is 1. The van der Waals surface area contributed by atoms with Crippen molar-refractivity contribution in [3.05, 3.63) is 192 Å². The van der Waals surface area contributed by atoms with Gasteiger partial charge in [0.25, 0.3) is 0 Å². The highest BCUT2D eigenvalue weighted by Crippen LogP contribution is 2.35. The molecular formula is C84H89N17O10. The Morgan fingerprint density at radius 1 is 0.459 bits per heavy atom. The number of carbonyl (C=O) groups is 2. The molecule has 2 amide bonds. The number of aromatic nitrogens is 6. The summed E-state index contributed by atoms with van der Waals surface area (Å²) in [5.41, 5.74) is 14.5. The van der Waals surface area contributed by atoms with Crippen molar-refractivity contribution in [3.8, 4) is 69.6 Å². The molecular weight excluding hydrogens is 1410 g/mol. The summed E-state index contributed by atoms with van der Waals surface area (Å²) in [6.45, 7) is 13.3. The molecule has 27 nitrogen and oxygen atoms in total. The molecule has 0 bridgehead atoms. The lowest BCUT2D eigenvalue weighted by Gasteiger charge is -2.43. The number of nitrogens with one attached hydrogen (secondary N) is 3. The smallest absolute Gasteiger partial charge is 0.248 e. The van der Waals surface area contributed by atoms with Crippen LogP contribution in [-0.2, 0) is 23.7 Å². The highest BCUT2D eigenvalue weighted by molar-refractivity contribution is 5.93. The molecule has 27 heteroatoms. The molecule has 16 rings (SSSR count). The number of nitriles is 3. The van der Waals surface area contributed by atoms with Crippen LogP contribution in [0.25, 0.3) is 34.2 Å². The number of likely N-dealkylation sites (tertiary alicyclic amines) is 2. The molecule has 3 aromatic heterocycles. The van der Waals surface area contributed by atoms with Gasteiger partial charge in [0.2, 0.25) is 11.8 Å². The van der Waals surface area contributed by atoms with Gasteiger partial charge in [-0.15, -0.1) is 0 Å². The lowest BCUT2D eigenvalue weighted by Crippen LogP contribution is -2.56. The van der Waals surface area contributed by atoms with Gasteiger partial charge in [-0.2, -0.15) is 15.8 Å². The van der Waals surface area contributed by atoms with E-state index in [-0.39, 0.29) is 24.2 Å². The summed E-state index contributed by atoms with van der Waals surface area (Å²) in [7, 11) is 0. The zero-order chi connectivity index (χ0) is 76.3. The van der Waals surface area contributed by atoms with Crippen molar-refractivity contribution >= 4 is 52.0 Å². The summed E-state index contributed by atoms with van der Waals surface area (Å²) in [5.74, 6) is 4.99. The first kappa shape index (κ1) is 76.1. The first-order chi connectivity index (χ1) is 54.5. The number of ether oxygens (including phenoxy) is 7. The molecule has 0 spiro atoms. The van der Waals surface area contributed by atoms with E-state index in [1.165, 1.54) is 24.1 Å². The van der Waals surface area contributed by atoms with Crippen LogP contribution < -0.4 is 40.8 Å². The summed E-state index contributed by atoms with van der Waals surface area (Å²) in [4.78, 5) is 59.2. The van der Waals surface area contributed by atoms with E-state index in [0.717, 1.165) is 120 Å². The number of rotatable bonds is 21. The van der Waals surface area contributed by atoms with Gasteiger partial charge in [0.15, 0.2) is 17.5 Å². The molecule has 6 N–H and O–H groups in total. The monoisotopic (exact) mass is 1500 g/mol. The maximum atomic E-state index is 11.7. The summed E-state index contributed by atoms with van der Waals surface area (Å²) in [6, 6.07) is 53.5. The Bertz CT molecular complexity index is 4760. The number of hydrogen-bond donors (Lipinski definition) is 5. The maximum absolute atomic E-state index is 11.7. The molecule has 7 aliphatic heterocycles. The summed E-state index contributed by atoms with van der Waals surface area (Å²) in [6.07, 6.45) is 12.0. The first-order valence-corrected chi connectivity index (χ1v) is 37.9. The Kier molecular flexibility index (Phi) is 25.4. The fraction of sp³-hybridized carbons (Fsp3) is 0.369. The van der Waals surface area contributed by atoms with Gasteiger partial charge in [-0.3, -0.25) is 19.4 Å². The van der Waals surface area contributed by atoms with Crippen molar-refractivity contribution in [2.75, 3.05) is 133 Å². The van der Waals surface area contributed by atoms with Crippen LogP contribution in [0.4, 0.5) is 40.2 Å². The van der Waals surface area contributed by atoms with Gasteiger partial charge in [-0.1, -0.05) is 12.1 Å². The van der Waals surface area contributed by atoms with Gasteiger partial charge in [-0.25, -0.2) is 29.9 Å². The minimum Gasteiger partial charge on any atom is -0.489 e. The van der Waals surface area contributed by atoms with Crippen molar-refractivity contribution in [1.29, 1.82) is 15.8 Å². The molecule has 0 aliphatic carbocycles. The SMILES string of the molecule is N#Cc1cc(-c2nccc(Nc3ccc(C(N)=O)cc3)n2)ccc1OC1CCOCC1.N#Cc1cc(-c2nccc(Nc3ccc(C4CCN(C5COC5)CC4)cc3)n2)ccc1OC1CCN(C(=O)CO)CC1.N#Cc1cc(-c2nccc(Nc3ccc(N4CCN(C5COC5)CC4)cc3)n2)ccc1OC1CCOCC1. The van der Waals surface area contributed by atoms with Gasteiger partial charge in [-0.05, 0) is 171 Å². The number of carbonyl (C=O) groups excluding carboxylic acids is 2. The van der Waals surface area contributed by atoms with Crippen molar-refractivity contribution < 1.29 is 47.9 Å². The third-order valence-corrected chi connectivity index (χ3v) is 20.9. The zero-order valence-electron chi connectivity index (χ0n) is 61.7. The second-order valence-corrected chi connectivity index (χ2v) is 28.2. The molecule has 0 saturated carbocycles. The van der Waals surface area contributed by atoms with Gasteiger partial charge < -0.3 is 69.7 Å². The van der Waals surface area contributed by atoms with E-state index in [1.807, 2.05) is 36.4 Å². The molecule has 10 heterocycles. The minimum absolute atomic E-state index is 0.0523. The lowest BCUT2D eigenvalue weighted by molar-refractivity contribution is -0.135. The second kappa shape index (κ2) is 37.1. The van der Waals surface area contributed by atoms with Crippen LogP contribution in [0.3, 0.4) is 0 Å². The van der Waals surface area contributed by atoms with Gasteiger partial charge in [0.05, 0.1) is 81.6 Å². The third-order valence-electron chi connectivity index (χ3n) is 20.9. The van der Waals surface area contributed by atoms with Gasteiger partial charge in [0, 0.05) is 141 Å². The predicted molar refractivity (Wildman–Crippen MR) is 417 cm³/mol. The molecule has 7 aliphatic rings. The quantitative estimate of drug-likeness (QED) is 0.0446. The molecule has 7 fully saturated rings. The number of piperazine rings is 1. The maximum Gasteiger partial charge on any atom is 0.248 e. The van der Waals surface area contributed by atoms with E-state index in [0.29, 0.717) is 150 Å². The molecule has 7 saturated heterocycles. The Morgan fingerprint density at radius 2 is 0.847 bits per heavy atom. The van der Waals surface area contributed by atoms with Crippen molar-refractivity contribution in [3.63, 3.8) is 0 Å².